The Morgan fingerprint density at radius 1 is 1.42 bits per heavy atom. The molecule has 0 bridgehead atoms. The maximum Gasteiger partial charge on any atom is 0.294 e. The first kappa shape index (κ1) is 13.0. The summed E-state index contributed by atoms with van der Waals surface area (Å²) in [4.78, 5) is 5.50. The van der Waals surface area contributed by atoms with Crippen LogP contribution >= 0.6 is 22.7 Å². The summed E-state index contributed by atoms with van der Waals surface area (Å²) in [6, 6.07) is 0.697. The van der Waals surface area contributed by atoms with Crippen molar-refractivity contribution in [3.05, 3.63) is 21.1 Å². The summed E-state index contributed by atoms with van der Waals surface area (Å²) in [5.41, 5.74) is 2.97. The van der Waals surface area contributed by atoms with Crippen molar-refractivity contribution >= 4 is 22.7 Å². The number of rotatable bonds is 7. The fourth-order valence-corrected chi connectivity index (χ4v) is 3.11. The van der Waals surface area contributed by atoms with Crippen LogP contribution in [-0.2, 0) is 13.0 Å². The van der Waals surface area contributed by atoms with Gasteiger partial charge in [-0.1, -0.05) is 11.3 Å². The Bertz CT molecular complexity index is 535. The summed E-state index contributed by atoms with van der Waals surface area (Å²) in [5, 5.41) is 13.2. The highest BCUT2D eigenvalue weighted by Crippen LogP contribution is 2.22. The van der Waals surface area contributed by atoms with E-state index in [9.17, 15) is 0 Å². The maximum atomic E-state index is 5.63. The van der Waals surface area contributed by atoms with Crippen LogP contribution in [0, 0.1) is 6.92 Å². The first-order valence-electron chi connectivity index (χ1n) is 6.39. The van der Waals surface area contributed by atoms with Gasteiger partial charge in [0.25, 0.3) is 5.19 Å². The molecule has 3 rings (SSSR count). The normalized spacial score (nSPS) is 14.8. The van der Waals surface area contributed by atoms with E-state index in [0.717, 1.165) is 23.7 Å². The van der Waals surface area contributed by atoms with Crippen LogP contribution in [0.3, 0.4) is 0 Å². The van der Waals surface area contributed by atoms with E-state index in [2.05, 4.69) is 20.5 Å². The fourth-order valence-electron chi connectivity index (χ4n) is 1.68. The van der Waals surface area contributed by atoms with E-state index in [0.29, 0.717) is 17.8 Å². The molecule has 0 aliphatic heterocycles. The number of aromatic nitrogens is 3. The van der Waals surface area contributed by atoms with Crippen molar-refractivity contribution in [2.45, 2.75) is 38.8 Å². The smallest absolute Gasteiger partial charge is 0.294 e. The second-order valence-electron chi connectivity index (χ2n) is 4.58. The van der Waals surface area contributed by atoms with Crippen molar-refractivity contribution in [3.63, 3.8) is 0 Å². The highest BCUT2D eigenvalue weighted by atomic mass is 32.1. The van der Waals surface area contributed by atoms with E-state index in [1.165, 1.54) is 29.1 Å². The lowest BCUT2D eigenvalue weighted by Crippen LogP contribution is -2.14. The highest BCUT2D eigenvalue weighted by molar-refractivity contribution is 7.13. The second-order valence-corrected chi connectivity index (χ2v) is 6.54. The van der Waals surface area contributed by atoms with Gasteiger partial charge in [-0.15, -0.1) is 21.5 Å². The molecule has 1 fully saturated rings. The van der Waals surface area contributed by atoms with Crippen molar-refractivity contribution in [2.75, 3.05) is 6.61 Å². The largest absolute Gasteiger partial charge is 0.469 e. The Hall–Kier alpha value is -1.05. The Labute approximate surface area is 120 Å². The van der Waals surface area contributed by atoms with Gasteiger partial charge in [-0.25, -0.2) is 4.98 Å². The lowest BCUT2D eigenvalue weighted by Gasteiger charge is -2.00. The molecule has 19 heavy (non-hydrogen) atoms. The number of ether oxygens (including phenoxy) is 1. The number of aryl methyl sites for hydroxylation is 1. The minimum Gasteiger partial charge on any atom is -0.469 e. The summed E-state index contributed by atoms with van der Waals surface area (Å²) >= 11 is 3.20. The van der Waals surface area contributed by atoms with E-state index >= 15 is 0 Å². The lowest BCUT2D eigenvalue weighted by atomic mass is 10.3. The SMILES string of the molecule is Cc1ncsc1CCOc1nnc(CNC2CC2)s1. The molecule has 0 amide bonds. The highest BCUT2D eigenvalue weighted by Gasteiger charge is 2.20. The van der Waals surface area contributed by atoms with Crippen molar-refractivity contribution < 1.29 is 4.74 Å². The van der Waals surface area contributed by atoms with Gasteiger partial charge in [-0.3, -0.25) is 0 Å². The van der Waals surface area contributed by atoms with E-state index in [1.807, 2.05) is 12.4 Å². The Morgan fingerprint density at radius 3 is 3.05 bits per heavy atom. The molecule has 102 valence electrons. The summed E-state index contributed by atoms with van der Waals surface area (Å²) in [6.07, 6.45) is 3.46. The number of nitrogens with one attached hydrogen (secondary N) is 1. The van der Waals surface area contributed by atoms with Gasteiger partial charge in [0.2, 0.25) is 0 Å². The zero-order chi connectivity index (χ0) is 13.1. The molecule has 1 aliphatic rings. The van der Waals surface area contributed by atoms with Gasteiger partial charge in [0, 0.05) is 17.3 Å². The molecule has 1 aliphatic carbocycles. The van der Waals surface area contributed by atoms with Crippen molar-refractivity contribution in [3.8, 4) is 5.19 Å². The van der Waals surface area contributed by atoms with Crippen LogP contribution in [0.4, 0.5) is 0 Å². The molecule has 7 heteroatoms. The molecule has 2 heterocycles. The summed E-state index contributed by atoms with van der Waals surface area (Å²) in [6.45, 7) is 3.46. The topological polar surface area (TPSA) is 59.9 Å². The first-order chi connectivity index (χ1) is 9.31. The summed E-state index contributed by atoms with van der Waals surface area (Å²) < 4.78 is 5.63. The van der Waals surface area contributed by atoms with Crippen LogP contribution in [0.5, 0.6) is 5.19 Å². The van der Waals surface area contributed by atoms with Gasteiger partial charge in [0.1, 0.15) is 5.01 Å². The minimum atomic E-state index is 0.633. The van der Waals surface area contributed by atoms with Gasteiger partial charge < -0.3 is 10.1 Å². The lowest BCUT2D eigenvalue weighted by molar-refractivity contribution is 0.318. The molecule has 5 nitrogen and oxygen atoms in total. The number of thiazole rings is 1. The molecule has 2 aromatic rings. The van der Waals surface area contributed by atoms with Gasteiger partial charge in [0.15, 0.2) is 0 Å². The van der Waals surface area contributed by atoms with Crippen molar-refractivity contribution in [1.82, 2.24) is 20.5 Å². The zero-order valence-electron chi connectivity index (χ0n) is 10.8. The standard InChI is InChI=1S/C12H16N4OS2/c1-8-10(18-7-14-8)4-5-17-12-16-15-11(19-12)6-13-9-2-3-9/h7,9,13H,2-6H2,1H3. The third-order valence-electron chi connectivity index (χ3n) is 2.97. The molecule has 1 N–H and O–H groups in total. The minimum absolute atomic E-state index is 0.633. The van der Waals surface area contributed by atoms with Gasteiger partial charge in [-0.2, -0.15) is 0 Å². The summed E-state index contributed by atoms with van der Waals surface area (Å²) in [7, 11) is 0. The molecule has 0 atom stereocenters. The van der Waals surface area contributed by atoms with Crippen LogP contribution in [0.15, 0.2) is 5.51 Å². The van der Waals surface area contributed by atoms with E-state index in [-0.39, 0.29) is 0 Å². The van der Waals surface area contributed by atoms with Crippen LogP contribution < -0.4 is 10.1 Å². The molecule has 0 unspecified atom stereocenters. The Morgan fingerprint density at radius 2 is 2.32 bits per heavy atom. The molecule has 0 spiro atoms. The summed E-state index contributed by atoms with van der Waals surface area (Å²) in [5.74, 6) is 0. The molecule has 2 aromatic heterocycles. The maximum absolute atomic E-state index is 5.63. The van der Waals surface area contributed by atoms with Gasteiger partial charge >= 0.3 is 0 Å². The molecule has 0 radical (unpaired) electrons. The van der Waals surface area contributed by atoms with E-state index in [4.69, 9.17) is 4.74 Å². The quantitative estimate of drug-likeness (QED) is 0.848. The first-order valence-corrected chi connectivity index (χ1v) is 8.08. The zero-order valence-corrected chi connectivity index (χ0v) is 12.4. The van der Waals surface area contributed by atoms with E-state index in [1.54, 1.807) is 11.3 Å². The molecular formula is C12H16N4OS2. The van der Waals surface area contributed by atoms with Crippen molar-refractivity contribution in [2.24, 2.45) is 0 Å². The van der Waals surface area contributed by atoms with Crippen LogP contribution in [-0.4, -0.2) is 27.8 Å². The number of hydrogen-bond acceptors (Lipinski definition) is 7. The average Bonchev–Trinajstić information content (AvgIpc) is 2.99. The molecular weight excluding hydrogens is 280 g/mol. The molecule has 0 saturated heterocycles. The van der Waals surface area contributed by atoms with Crippen molar-refractivity contribution in [1.29, 1.82) is 0 Å². The third-order valence-corrected chi connectivity index (χ3v) is 4.80. The molecule has 0 aromatic carbocycles. The Kier molecular flexibility index (Phi) is 4.05. The second kappa shape index (κ2) is 5.94. The van der Waals surface area contributed by atoms with Crippen LogP contribution in [0.1, 0.15) is 28.4 Å². The van der Waals surface area contributed by atoms with Gasteiger partial charge in [-0.05, 0) is 19.8 Å². The predicted molar refractivity (Wildman–Crippen MR) is 75.8 cm³/mol. The average molecular weight is 296 g/mol. The predicted octanol–water partition coefficient (Wildman–Crippen LogP) is 2.18. The third kappa shape index (κ3) is 3.71. The Balaban J connectivity index is 1.43. The van der Waals surface area contributed by atoms with Gasteiger partial charge in [0.05, 0.1) is 24.4 Å². The van der Waals surface area contributed by atoms with Crippen LogP contribution in [0.25, 0.3) is 0 Å². The number of nitrogens with zero attached hydrogens (tertiary/aromatic N) is 3. The number of hydrogen-bond donors (Lipinski definition) is 1. The van der Waals surface area contributed by atoms with Crippen LogP contribution in [0.2, 0.25) is 0 Å². The monoisotopic (exact) mass is 296 g/mol. The molecule has 1 saturated carbocycles. The fraction of sp³-hybridized carbons (Fsp3) is 0.583. The van der Waals surface area contributed by atoms with E-state index < -0.39 is 0 Å².